The highest BCUT2D eigenvalue weighted by Crippen LogP contribution is 2.29. The number of carbonyl (C=O) groups excluding carboxylic acids is 1. The number of piperidine rings is 1. The van der Waals surface area contributed by atoms with Crippen molar-refractivity contribution in [3.05, 3.63) is 0 Å². The molecule has 1 aliphatic carbocycles. The number of likely N-dealkylation sites (tertiary alicyclic amines) is 1. The van der Waals surface area contributed by atoms with Crippen molar-refractivity contribution in [1.82, 2.24) is 4.90 Å². The van der Waals surface area contributed by atoms with Gasteiger partial charge in [0.2, 0.25) is 0 Å². The van der Waals surface area contributed by atoms with Crippen LogP contribution in [0.1, 0.15) is 58.3 Å². The van der Waals surface area contributed by atoms with Crippen LogP contribution in [0.25, 0.3) is 0 Å². The van der Waals surface area contributed by atoms with E-state index in [1.165, 1.54) is 25.7 Å². The Bertz CT molecular complexity index is 302. The minimum Gasteiger partial charge on any atom is -0.465 e. The van der Waals surface area contributed by atoms with E-state index in [0.29, 0.717) is 19.1 Å². The van der Waals surface area contributed by atoms with Gasteiger partial charge in [0.05, 0.1) is 12.7 Å². The third-order valence-electron chi connectivity index (χ3n) is 4.70. The van der Waals surface area contributed by atoms with Gasteiger partial charge in [0.25, 0.3) is 0 Å². The molecule has 2 unspecified atom stereocenters. The van der Waals surface area contributed by atoms with Gasteiger partial charge in [-0.3, -0.25) is 9.69 Å². The standard InChI is InChI=1S/C16H29NO3/c1-2-20-16(19)15-9-5-6-10-17(15)12-14(18)11-13-7-3-4-8-13/h13-15,18H,2-12H2,1H3. The summed E-state index contributed by atoms with van der Waals surface area (Å²) in [6, 6.07) is -0.137. The van der Waals surface area contributed by atoms with E-state index in [0.717, 1.165) is 32.2 Å². The van der Waals surface area contributed by atoms with E-state index < -0.39 is 0 Å². The molecule has 0 aromatic rings. The third-order valence-corrected chi connectivity index (χ3v) is 4.70. The maximum Gasteiger partial charge on any atom is 0.323 e. The maximum atomic E-state index is 12.0. The number of esters is 1. The highest BCUT2D eigenvalue weighted by molar-refractivity contribution is 5.75. The first-order valence-corrected chi connectivity index (χ1v) is 8.29. The monoisotopic (exact) mass is 283 g/mol. The molecule has 1 saturated carbocycles. The Kier molecular flexibility index (Phi) is 6.30. The van der Waals surface area contributed by atoms with E-state index in [1.54, 1.807) is 0 Å². The van der Waals surface area contributed by atoms with Crippen molar-refractivity contribution < 1.29 is 14.6 Å². The van der Waals surface area contributed by atoms with Crippen LogP contribution < -0.4 is 0 Å². The summed E-state index contributed by atoms with van der Waals surface area (Å²) in [5, 5.41) is 10.3. The molecule has 1 N–H and O–H groups in total. The Labute approximate surface area is 122 Å². The van der Waals surface area contributed by atoms with Crippen LogP contribution in [0.2, 0.25) is 0 Å². The van der Waals surface area contributed by atoms with Crippen LogP contribution in [-0.4, -0.2) is 47.8 Å². The number of nitrogens with zero attached hydrogens (tertiary/aromatic N) is 1. The van der Waals surface area contributed by atoms with Crippen LogP contribution in [-0.2, 0) is 9.53 Å². The molecule has 1 heterocycles. The highest BCUT2D eigenvalue weighted by Gasteiger charge is 2.31. The van der Waals surface area contributed by atoms with E-state index in [4.69, 9.17) is 4.74 Å². The third kappa shape index (κ3) is 4.45. The largest absolute Gasteiger partial charge is 0.465 e. The van der Waals surface area contributed by atoms with Gasteiger partial charge in [0.1, 0.15) is 6.04 Å². The second-order valence-corrected chi connectivity index (χ2v) is 6.30. The predicted molar refractivity (Wildman–Crippen MR) is 78.4 cm³/mol. The summed E-state index contributed by atoms with van der Waals surface area (Å²) < 4.78 is 5.16. The van der Waals surface area contributed by atoms with Crippen LogP contribution in [0.4, 0.5) is 0 Å². The fourth-order valence-electron chi connectivity index (χ4n) is 3.69. The number of β-amino-alcohol motifs (C(OH)–C–C–N with tert-alkyl or cyclic N) is 1. The smallest absolute Gasteiger partial charge is 0.323 e. The summed E-state index contributed by atoms with van der Waals surface area (Å²) in [6.45, 7) is 3.82. The molecule has 0 aromatic carbocycles. The number of rotatable bonds is 6. The summed E-state index contributed by atoms with van der Waals surface area (Å²) in [5.41, 5.74) is 0. The first kappa shape index (κ1) is 15.8. The lowest BCUT2D eigenvalue weighted by Crippen LogP contribution is -2.48. The van der Waals surface area contributed by atoms with Crippen LogP contribution in [0.5, 0.6) is 0 Å². The molecule has 0 spiro atoms. The van der Waals surface area contributed by atoms with Crippen molar-refractivity contribution in [3.63, 3.8) is 0 Å². The predicted octanol–water partition coefficient (Wildman–Crippen LogP) is 2.35. The van der Waals surface area contributed by atoms with Gasteiger partial charge in [-0.1, -0.05) is 32.1 Å². The summed E-state index contributed by atoms with van der Waals surface area (Å²) in [7, 11) is 0. The Morgan fingerprint density at radius 1 is 1.25 bits per heavy atom. The average molecular weight is 283 g/mol. The molecule has 4 nitrogen and oxygen atoms in total. The number of carbonyl (C=O) groups is 1. The van der Waals surface area contributed by atoms with Crippen LogP contribution in [0.3, 0.4) is 0 Å². The summed E-state index contributed by atoms with van der Waals surface area (Å²) >= 11 is 0. The zero-order chi connectivity index (χ0) is 14.4. The van der Waals surface area contributed by atoms with E-state index in [-0.39, 0.29) is 18.1 Å². The van der Waals surface area contributed by atoms with Crippen molar-refractivity contribution >= 4 is 5.97 Å². The second kappa shape index (κ2) is 7.99. The molecular weight excluding hydrogens is 254 g/mol. The van der Waals surface area contributed by atoms with Gasteiger partial charge in [-0.25, -0.2) is 0 Å². The maximum absolute atomic E-state index is 12.0. The molecule has 2 rings (SSSR count). The number of hydrogen-bond acceptors (Lipinski definition) is 4. The van der Waals surface area contributed by atoms with Crippen molar-refractivity contribution in [2.24, 2.45) is 5.92 Å². The zero-order valence-electron chi connectivity index (χ0n) is 12.7. The summed E-state index contributed by atoms with van der Waals surface area (Å²) in [4.78, 5) is 14.1. The molecule has 2 fully saturated rings. The van der Waals surface area contributed by atoms with Gasteiger partial charge in [0, 0.05) is 6.54 Å². The number of hydrogen-bond donors (Lipinski definition) is 1. The van der Waals surface area contributed by atoms with E-state index >= 15 is 0 Å². The second-order valence-electron chi connectivity index (χ2n) is 6.30. The van der Waals surface area contributed by atoms with Crippen molar-refractivity contribution in [1.29, 1.82) is 0 Å². The molecular formula is C16H29NO3. The Balaban J connectivity index is 1.82. The SMILES string of the molecule is CCOC(=O)C1CCCCN1CC(O)CC1CCCC1. The summed E-state index contributed by atoms with van der Waals surface area (Å²) in [5.74, 6) is 0.580. The van der Waals surface area contributed by atoms with Crippen molar-refractivity contribution in [2.45, 2.75) is 70.4 Å². The van der Waals surface area contributed by atoms with E-state index in [9.17, 15) is 9.90 Å². The molecule has 2 atom stereocenters. The molecule has 4 heteroatoms. The number of aliphatic hydroxyl groups excluding tert-OH is 1. The fourth-order valence-corrected chi connectivity index (χ4v) is 3.69. The lowest BCUT2D eigenvalue weighted by Gasteiger charge is -2.35. The Hall–Kier alpha value is -0.610. The average Bonchev–Trinajstić information content (AvgIpc) is 2.92. The minimum atomic E-state index is -0.298. The molecule has 20 heavy (non-hydrogen) atoms. The van der Waals surface area contributed by atoms with E-state index in [1.807, 2.05) is 6.92 Å². The van der Waals surface area contributed by atoms with Gasteiger partial charge in [-0.05, 0) is 38.6 Å². The molecule has 2 aliphatic rings. The van der Waals surface area contributed by atoms with Crippen LogP contribution in [0.15, 0.2) is 0 Å². The number of ether oxygens (including phenoxy) is 1. The molecule has 0 aromatic heterocycles. The van der Waals surface area contributed by atoms with E-state index in [2.05, 4.69) is 4.90 Å². The molecule has 1 saturated heterocycles. The lowest BCUT2D eigenvalue weighted by atomic mass is 9.97. The normalized spacial score (nSPS) is 26.6. The van der Waals surface area contributed by atoms with Crippen LogP contribution in [0, 0.1) is 5.92 Å². The Morgan fingerprint density at radius 2 is 1.95 bits per heavy atom. The first-order valence-electron chi connectivity index (χ1n) is 8.29. The molecule has 0 radical (unpaired) electrons. The molecule has 0 bridgehead atoms. The van der Waals surface area contributed by atoms with Gasteiger partial charge >= 0.3 is 5.97 Å². The number of aliphatic hydroxyl groups is 1. The minimum absolute atomic E-state index is 0.111. The van der Waals surface area contributed by atoms with Gasteiger partial charge in [-0.2, -0.15) is 0 Å². The van der Waals surface area contributed by atoms with Crippen molar-refractivity contribution in [3.8, 4) is 0 Å². The quantitative estimate of drug-likeness (QED) is 0.760. The van der Waals surface area contributed by atoms with Gasteiger partial charge in [0.15, 0.2) is 0 Å². The lowest BCUT2D eigenvalue weighted by molar-refractivity contribution is -0.151. The Morgan fingerprint density at radius 3 is 2.65 bits per heavy atom. The van der Waals surface area contributed by atoms with Crippen LogP contribution >= 0.6 is 0 Å². The fraction of sp³-hybridized carbons (Fsp3) is 0.938. The van der Waals surface area contributed by atoms with Gasteiger partial charge < -0.3 is 9.84 Å². The molecule has 116 valence electrons. The highest BCUT2D eigenvalue weighted by atomic mass is 16.5. The molecule has 1 aliphatic heterocycles. The summed E-state index contributed by atoms with van der Waals surface area (Å²) in [6.07, 6.45) is 8.81. The van der Waals surface area contributed by atoms with Gasteiger partial charge in [-0.15, -0.1) is 0 Å². The topological polar surface area (TPSA) is 49.8 Å². The first-order chi connectivity index (χ1) is 9.70. The van der Waals surface area contributed by atoms with Crippen molar-refractivity contribution in [2.75, 3.05) is 19.7 Å². The molecule has 0 amide bonds. The zero-order valence-corrected chi connectivity index (χ0v) is 12.7.